The fourth-order valence-corrected chi connectivity index (χ4v) is 4.14. The number of hydrogen-bond acceptors (Lipinski definition) is 7. The molecule has 0 saturated heterocycles. The lowest BCUT2D eigenvalue weighted by Gasteiger charge is -2.34. The molecule has 0 amide bonds. The largest absolute Gasteiger partial charge is 0.382 e. The van der Waals surface area contributed by atoms with Gasteiger partial charge in [0.2, 0.25) is 10.0 Å². The van der Waals surface area contributed by atoms with Crippen LogP contribution in [0.2, 0.25) is 0 Å². The normalized spacial score (nSPS) is 15.2. The van der Waals surface area contributed by atoms with Gasteiger partial charge in [-0.3, -0.25) is 0 Å². The maximum absolute atomic E-state index is 14.5. The van der Waals surface area contributed by atoms with Crippen molar-refractivity contribution in [2.24, 2.45) is 7.05 Å². The van der Waals surface area contributed by atoms with Crippen LogP contribution >= 0.6 is 0 Å². The highest BCUT2D eigenvalue weighted by molar-refractivity contribution is 7.90. The topological polar surface area (TPSA) is 128 Å². The van der Waals surface area contributed by atoms with Crippen LogP contribution in [0.1, 0.15) is 18.3 Å². The Bertz CT molecular complexity index is 1090. The standard InChI is InChI=1S/C16H19F2N7O3S/c1-11(29(27,28)22-6-15-23-20-10-24(15)2)16(26,7-25-9-19-8-21-25)13-4-3-12(17)5-14(13)18/h3-5,8-11,22,26H,6-7H2,1-2H3/t11-,16-/m1/s1. The number of sulfonamides is 1. The lowest BCUT2D eigenvalue weighted by molar-refractivity contribution is 0.0107. The van der Waals surface area contributed by atoms with Gasteiger partial charge in [0.05, 0.1) is 13.1 Å². The van der Waals surface area contributed by atoms with E-state index in [1.165, 1.54) is 30.5 Å². The van der Waals surface area contributed by atoms with Crippen LogP contribution in [0.5, 0.6) is 0 Å². The van der Waals surface area contributed by atoms with Crippen molar-refractivity contribution in [3.63, 3.8) is 0 Å². The summed E-state index contributed by atoms with van der Waals surface area (Å²) in [4.78, 5) is 3.74. The molecular formula is C16H19F2N7O3S. The molecule has 3 rings (SSSR count). The highest BCUT2D eigenvalue weighted by atomic mass is 32.2. The first-order chi connectivity index (χ1) is 13.6. The van der Waals surface area contributed by atoms with Gasteiger partial charge < -0.3 is 9.67 Å². The van der Waals surface area contributed by atoms with Gasteiger partial charge in [0.1, 0.15) is 47.3 Å². The number of aryl methyl sites for hydroxylation is 1. The predicted molar refractivity (Wildman–Crippen MR) is 96.5 cm³/mol. The highest BCUT2D eigenvalue weighted by Gasteiger charge is 2.45. The second-order valence-corrected chi connectivity index (χ2v) is 8.59. The Morgan fingerprint density at radius 1 is 1.31 bits per heavy atom. The molecule has 0 bridgehead atoms. The Labute approximate surface area is 165 Å². The molecule has 1 aromatic carbocycles. The molecule has 0 aliphatic rings. The third-order valence-corrected chi connectivity index (χ3v) is 6.51. The van der Waals surface area contributed by atoms with Crippen LogP contribution in [0.25, 0.3) is 0 Å². The molecule has 3 aromatic rings. The molecule has 0 aliphatic heterocycles. The van der Waals surface area contributed by atoms with E-state index in [-0.39, 0.29) is 12.1 Å². The number of rotatable bonds is 8. The molecule has 2 aromatic heterocycles. The van der Waals surface area contributed by atoms with Crippen molar-refractivity contribution in [1.82, 2.24) is 34.3 Å². The lowest BCUT2D eigenvalue weighted by atomic mass is 9.90. The Kier molecular flexibility index (Phi) is 5.73. The summed E-state index contributed by atoms with van der Waals surface area (Å²) in [7, 11) is -2.55. The minimum Gasteiger partial charge on any atom is -0.382 e. The van der Waals surface area contributed by atoms with Crippen molar-refractivity contribution in [2.75, 3.05) is 0 Å². The number of halogens is 2. The van der Waals surface area contributed by atoms with E-state index in [1.807, 2.05) is 0 Å². The van der Waals surface area contributed by atoms with Crippen molar-refractivity contribution in [1.29, 1.82) is 0 Å². The van der Waals surface area contributed by atoms with Gasteiger partial charge in [-0.2, -0.15) is 5.10 Å². The highest BCUT2D eigenvalue weighted by Crippen LogP contribution is 2.33. The molecule has 29 heavy (non-hydrogen) atoms. The SMILES string of the molecule is C[C@H]([C@](O)(Cn1cncn1)c1ccc(F)cc1F)S(=O)(=O)NCc1nncn1C. The second-order valence-electron chi connectivity index (χ2n) is 6.51. The summed E-state index contributed by atoms with van der Waals surface area (Å²) in [5.41, 5.74) is -2.66. The Balaban J connectivity index is 1.97. The first-order valence-corrected chi connectivity index (χ1v) is 10.00. The minimum atomic E-state index is -4.19. The number of hydrogen-bond donors (Lipinski definition) is 2. The minimum absolute atomic E-state index is 0.186. The van der Waals surface area contributed by atoms with E-state index in [2.05, 4.69) is 25.0 Å². The van der Waals surface area contributed by atoms with E-state index in [0.717, 1.165) is 16.8 Å². The van der Waals surface area contributed by atoms with E-state index < -0.39 is 39.1 Å². The molecule has 10 nitrogen and oxygen atoms in total. The number of nitrogens with zero attached hydrogens (tertiary/aromatic N) is 6. The smallest absolute Gasteiger partial charge is 0.217 e. The molecule has 2 heterocycles. The summed E-state index contributed by atoms with van der Waals surface area (Å²) in [6.07, 6.45) is 3.84. The van der Waals surface area contributed by atoms with Crippen LogP contribution in [0.15, 0.2) is 37.2 Å². The average Bonchev–Trinajstić information content (AvgIpc) is 3.30. The Morgan fingerprint density at radius 2 is 2.07 bits per heavy atom. The zero-order valence-corrected chi connectivity index (χ0v) is 16.4. The Hall–Kier alpha value is -2.77. The summed E-state index contributed by atoms with van der Waals surface area (Å²) in [6, 6.07) is 2.53. The first kappa shape index (κ1) is 21.0. The summed E-state index contributed by atoms with van der Waals surface area (Å²) < 4.78 is 58.7. The van der Waals surface area contributed by atoms with Crippen molar-refractivity contribution < 1.29 is 22.3 Å². The van der Waals surface area contributed by atoms with Gasteiger partial charge in [-0.05, 0) is 13.0 Å². The summed E-state index contributed by atoms with van der Waals surface area (Å²) in [5.74, 6) is -1.60. The summed E-state index contributed by atoms with van der Waals surface area (Å²) in [6.45, 7) is 0.606. The second kappa shape index (κ2) is 7.93. The number of aliphatic hydroxyl groups is 1. The number of aromatic nitrogens is 6. The van der Waals surface area contributed by atoms with E-state index in [0.29, 0.717) is 11.9 Å². The zero-order valence-electron chi connectivity index (χ0n) is 15.6. The van der Waals surface area contributed by atoms with E-state index in [4.69, 9.17) is 0 Å². The van der Waals surface area contributed by atoms with E-state index in [9.17, 15) is 22.3 Å². The molecule has 2 atom stereocenters. The zero-order chi connectivity index (χ0) is 21.2. The van der Waals surface area contributed by atoms with Gasteiger partial charge >= 0.3 is 0 Å². The molecule has 156 valence electrons. The van der Waals surface area contributed by atoms with Crippen LogP contribution in [0.4, 0.5) is 8.78 Å². The van der Waals surface area contributed by atoms with E-state index in [1.54, 1.807) is 7.05 Å². The van der Waals surface area contributed by atoms with Gasteiger partial charge in [0.25, 0.3) is 0 Å². The van der Waals surface area contributed by atoms with Gasteiger partial charge in [0.15, 0.2) is 0 Å². The molecule has 0 unspecified atom stereocenters. The van der Waals surface area contributed by atoms with Crippen molar-refractivity contribution in [3.05, 3.63) is 60.2 Å². The van der Waals surface area contributed by atoms with Crippen LogP contribution in [0.3, 0.4) is 0 Å². The fraction of sp³-hybridized carbons (Fsp3) is 0.375. The van der Waals surface area contributed by atoms with Crippen molar-refractivity contribution in [2.45, 2.75) is 30.9 Å². The van der Waals surface area contributed by atoms with Crippen molar-refractivity contribution in [3.8, 4) is 0 Å². The molecule has 0 aliphatic carbocycles. The molecule has 0 radical (unpaired) electrons. The number of benzene rings is 1. The van der Waals surface area contributed by atoms with Crippen LogP contribution in [0, 0.1) is 11.6 Å². The lowest BCUT2D eigenvalue weighted by Crippen LogP contribution is -2.50. The van der Waals surface area contributed by atoms with Crippen molar-refractivity contribution >= 4 is 10.0 Å². The molecule has 0 fully saturated rings. The van der Waals surface area contributed by atoms with Gasteiger partial charge in [0, 0.05) is 18.7 Å². The monoisotopic (exact) mass is 427 g/mol. The quantitative estimate of drug-likeness (QED) is 0.521. The molecule has 0 saturated carbocycles. The molecule has 2 N–H and O–H groups in total. The maximum Gasteiger partial charge on any atom is 0.217 e. The first-order valence-electron chi connectivity index (χ1n) is 8.45. The maximum atomic E-state index is 14.5. The fourth-order valence-electron chi connectivity index (χ4n) is 2.85. The summed E-state index contributed by atoms with van der Waals surface area (Å²) >= 11 is 0. The average molecular weight is 427 g/mol. The number of nitrogens with one attached hydrogen (secondary N) is 1. The predicted octanol–water partition coefficient (Wildman–Crippen LogP) is 0.0807. The molecular weight excluding hydrogens is 408 g/mol. The van der Waals surface area contributed by atoms with Gasteiger partial charge in [-0.15, -0.1) is 10.2 Å². The van der Waals surface area contributed by atoms with Gasteiger partial charge in [-0.1, -0.05) is 6.07 Å². The van der Waals surface area contributed by atoms with Crippen LogP contribution in [-0.4, -0.2) is 48.3 Å². The third-order valence-electron chi connectivity index (χ3n) is 4.64. The molecule has 13 heteroatoms. The van der Waals surface area contributed by atoms with Crippen LogP contribution in [-0.2, 0) is 35.8 Å². The van der Waals surface area contributed by atoms with Crippen LogP contribution < -0.4 is 4.72 Å². The third kappa shape index (κ3) is 4.31. The Morgan fingerprint density at radius 3 is 2.66 bits per heavy atom. The van der Waals surface area contributed by atoms with E-state index >= 15 is 0 Å². The summed E-state index contributed by atoms with van der Waals surface area (Å²) in [5, 5.41) is 21.1. The van der Waals surface area contributed by atoms with Gasteiger partial charge in [-0.25, -0.2) is 31.6 Å². The molecule has 0 spiro atoms.